The van der Waals surface area contributed by atoms with Crippen molar-refractivity contribution in [1.82, 2.24) is 0 Å². The molecule has 0 unspecified atom stereocenters. The van der Waals surface area contributed by atoms with Crippen molar-refractivity contribution < 1.29 is 13.9 Å². The molecule has 1 fully saturated rings. The van der Waals surface area contributed by atoms with Gasteiger partial charge in [-0.25, -0.2) is 0 Å². The zero-order valence-corrected chi connectivity index (χ0v) is 21.6. The van der Waals surface area contributed by atoms with E-state index in [1.54, 1.807) is 0 Å². The molecule has 0 aromatic heterocycles. The van der Waals surface area contributed by atoms with Crippen molar-refractivity contribution in [2.75, 3.05) is 13.2 Å². The molecule has 3 nitrogen and oxygen atoms in total. The molecule has 0 spiro atoms. The van der Waals surface area contributed by atoms with Crippen LogP contribution in [0.1, 0.15) is 47.1 Å². The molecular weight excluding hydrogens is 424 g/mol. The van der Waals surface area contributed by atoms with E-state index in [9.17, 15) is 0 Å². The van der Waals surface area contributed by atoms with Crippen molar-refractivity contribution >= 4 is 18.7 Å². The summed E-state index contributed by atoms with van der Waals surface area (Å²) in [5.41, 5.74) is 1.02. The fourth-order valence-corrected chi connectivity index (χ4v) is 8.76. The Balaban J connectivity index is 1.82. The predicted molar refractivity (Wildman–Crippen MR) is 137 cm³/mol. The van der Waals surface area contributed by atoms with E-state index in [1.165, 1.54) is 10.4 Å². The van der Waals surface area contributed by atoms with E-state index in [0.717, 1.165) is 23.7 Å². The van der Waals surface area contributed by atoms with Gasteiger partial charge in [0, 0.05) is 11.6 Å². The van der Waals surface area contributed by atoms with Gasteiger partial charge in [0.05, 0.1) is 6.61 Å². The van der Waals surface area contributed by atoms with Crippen molar-refractivity contribution in [1.29, 1.82) is 0 Å². The van der Waals surface area contributed by atoms with Crippen LogP contribution in [0.4, 0.5) is 0 Å². The molecule has 0 aliphatic carbocycles. The number of hydrogen-bond acceptors (Lipinski definition) is 3. The Bertz CT molecular complexity index is 1020. The van der Waals surface area contributed by atoms with Gasteiger partial charge in [0.25, 0.3) is 0 Å². The van der Waals surface area contributed by atoms with Crippen LogP contribution in [0.25, 0.3) is 0 Å². The van der Waals surface area contributed by atoms with Crippen molar-refractivity contribution in [3.8, 4) is 11.5 Å². The largest absolute Gasteiger partial charge is 0.534 e. The third-order valence-electron chi connectivity index (χ3n) is 6.20. The maximum Gasteiger partial charge on any atom is 0.319 e. The zero-order valence-electron chi connectivity index (χ0n) is 20.6. The highest BCUT2D eigenvalue weighted by Gasteiger charge is 2.52. The lowest BCUT2D eigenvalue weighted by atomic mass is 9.86. The van der Waals surface area contributed by atoms with E-state index < -0.39 is 8.32 Å². The number of ether oxygens (including phenoxy) is 2. The van der Waals surface area contributed by atoms with Gasteiger partial charge in [-0.3, -0.25) is 0 Å². The van der Waals surface area contributed by atoms with Gasteiger partial charge in [-0.15, -0.1) is 0 Å². The first-order valence-corrected chi connectivity index (χ1v) is 13.6. The molecule has 1 heterocycles. The summed E-state index contributed by atoms with van der Waals surface area (Å²) in [4.78, 5) is 0. The Morgan fingerprint density at radius 3 is 1.91 bits per heavy atom. The first kappa shape index (κ1) is 23.6. The van der Waals surface area contributed by atoms with Crippen molar-refractivity contribution in [2.24, 2.45) is 0 Å². The third-order valence-corrected chi connectivity index (χ3v) is 11.1. The second kappa shape index (κ2) is 9.00. The highest BCUT2D eigenvalue weighted by Crippen LogP contribution is 2.40. The first-order chi connectivity index (χ1) is 15.6. The van der Waals surface area contributed by atoms with Crippen LogP contribution in [-0.4, -0.2) is 27.6 Å². The smallest absolute Gasteiger partial charge is 0.319 e. The normalized spacial score (nSPS) is 16.4. The Labute approximate surface area is 199 Å². The Kier molecular flexibility index (Phi) is 6.43. The second-order valence-corrected chi connectivity index (χ2v) is 15.1. The molecule has 1 saturated heterocycles. The van der Waals surface area contributed by atoms with E-state index >= 15 is 0 Å². The van der Waals surface area contributed by atoms with Gasteiger partial charge in [-0.2, -0.15) is 0 Å². The summed E-state index contributed by atoms with van der Waals surface area (Å²) in [6.45, 7) is 14.8. The average Bonchev–Trinajstić information content (AvgIpc) is 3.61. The minimum Gasteiger partial charge on any atom is -0.534 e. The Hall–Kier alpha value is -2.56. The van der Waals surface area contributed by atoms with Gasteiger partial charge >= 0.3 is 8.32 Å². The Morgan fingerprint density at radius 1 is 0.909 bits per heavy atom. The van der Waals surface area contributed by atoms with Gasteiger partial charge in [0.15, 0.2) is 0 Å². The molecule has 1 aliphatic heterocycles. The summed E-state index contributed by atoms with van der Waals surface area (Å²) in [6, 6.07) is 28.9. The molecule has 1 atom stereocenters. The van der Waals surface area contributed by atoms with Crippen LogP contribution < -0.4 is 19.5 Å². The van der Waals surface area contributed by atoms with Gasteiger partial charge in [-0.05, 0) is 33.0 Å². The van der Waals surface area contributed by atoms with Crippen molar-refractivity contribution in [3.63, 3.8) is 0 Å². The molecule has 4 heteroatoms. The first-order valence-electron chi connectivity index (χ1n) is 11.7. The lowest BCUT2D eigenvalue weighted by Gasteiger charge is -2.43. The zero-order chi connectivity index (χ0) is 23.7. The highest BCUT2D eigenvalue weighted by atomic mass is 28.4. The SMILES string of the molecule is CC(C)(C)c1cc(O[Si](c2ccccc2)(c2ccccc2)C(C)(C)C)[c]cc1OC[C@@H]1CO1. The summed E-state index contributed by atoms with van der Waals surface area (Å²) in [6.07, 6.45) is 0.214. The third kappa shape index (κ3) is 5.02. The van der Waals surface area contributed by atoms with Crippen LogP contribution in [0.3, 0.4) is 0 Å². The molecule has 4 rings (SSSR count). The van der Waals surface area contributed by atoms with Crippen molar-refractivity contribution in [2.45, 2.75) is 58.1 Å². The molecule has 3 aromatic carbocycles. The molecule has 0 amide bonds. The van der Waals surface area contributed by atoms with E-state index in [0.29, 0.717) is 6.61 Å². The molecule has 0 saturated carbocycles. The number of hydrogen-bond donors (Lipinski definition) is 0. The number of benzene rings is 3. The predicted octanol–water partition coefficient (Wildman–Crippen LogP) is 5.50. The lowest BCUT2D eigenvalue weighted by Crippen LogP contribution is -2.68. The minimum atomic E-state index is -2.71. The van der Waals surface area contributed by atoms with E-state index in [4.69, 9.17) is 13.9 Å². The summed E-state index contributed by atoms with van der Waals surface area (Å²) in [5, 5.41) is 2.39. The Morgan fingerprint density at radius 2 is 1.45 bits per heavy atom. The molecular formula is C29H35O3Si. The van der Waals surface area contributed by atoms with Gasteiger partial charge in [0.2, 0.25) is 0 Å². The average molecular weight is 460 g/mol. The highest BCUT2D eigenvalue weighted by molar-refractivity contribution is 7.00. The monoisotopic (exact) mass is 459 g/mol. The quantitative estimate of drug-likeness (QED) is 0.345. The molecule has 33 heavy (non-hydrogen) atoms. The van der Waals surface area contributed by atoms with E-state index in [2.05, 4.69) is 114 Å². The lowest BCUT2D eigenvalue weighted by molar-refractivity contribution is 0.258. The van der Waals surface area contributed by atoms with Crippen LogP contribution in [0.15, 0.2) is 72.8 Å². The van der Waals surface area contributed by atoms with Gasteiger partial charge in [-0.1, -0.05) is 102 Å². The number of rotatable bonds is 7. The fraction of sp³-hybridized carbons (Fsp3) is 0.379. The van der Waals surface area contributed by atoms with E-state index in [1.807, 2.05) is 6.07 Å². The minimum absolute atomic E-state index is 0.0988. The van der Waals surface area contributed by atoms with Crippen LogP contribution in [-0.2, 0) is 10.2 Å². The summed E-state index contributed by atoms with van der Waals surface area (Å²) < 4.78 is 18.6. The molecule has 1 aliphatic rings. The van der Waals surface area contributed by atoms with Gasteiger partial charge < -0.3 is 13.9 Å². The van der Waals surface area contributed by atoms with Crippen LogP contribution in [0.2, 0.25) is 5.04 Å². The van der Waals surface area contributed by atoms with Crippen LogP contribution >= 0.6 is 0 Å². The van der Waals surface area contributed by atoms with E-state index in [-0.39, 0.29) is 16.6 Å². The van der Waals surface area contributed by atoms with Crippen LogP contribution in [0, 0.1) is 6.07 Å². The van der Waals surface area contributed by atoms with Gasteiger partial charge in [0.1, 0.15) is 24.2 Å². The molecule has 173 valence electrons. The maximum atomic E-state index is 7.17. The molecule has 0 bridgehead atoms. The summed E-state index contributed by atoms with van der Waals surface area (Å²) in [5.74, 6) is 1.62. The van der Waals surface area contributed by atoms with Crippen molar-refractivity contribution in [3.05, 3.63) is 84.4 Å². The fourth-order valence-electron chi connectivity index (χ4n) is 4.38. The maximum absolute atomic E-state index is 7.17. The van der Waals surface area contributed by atoms with Crippen LogP contribution in [0.5, 0.6) is 11.5 Å². The summed E-state index contributed by atoms with van der Waals surface area (Å²) >= 11 is 0. The summed E-state index contributed by atoms with van der Waals surface area (Å²) in [7, 11) is -2.71. The standard InChI is InChI=1S/C29H35O3Si/c1-28(2,3)26-19-22(17-18-27(26)31-21-23-20-30-23)32-33(29(4,5)6,24-13-9-7-10-14-24)25-15-11-8-12-16-25/h7-16,18-19,23H,20-21H2,1-6H3/t23-/m0/s1. The molecule has 0 N–H and O–H groups in total. The number of epoxide rings is 1. The second-order valence-electron chi connectivity index (χ2n) is 10.9. The molecule has 1 radical (unpaired) electrons. The topological polar surface area (TPSA) is 31.0 Å². The molecule has 3 aromatic rings.